The van der Waals surface area contributed by atoms with E-state index >= 15 is 0 Å². The molecule has 2 aromatic rings. The smallest absolute Gasteiger partial charge is 0.396 e. The van der Waals surface area contributed by atoms with Crippen molar-refractivity contribution in [2.45, 2.75) is 17.9 Å². The quantitative estimate of drug-likeness (QED) is 0.624. The fraction of sp³-hybridized carbons (Fsp3) is 0.250. The molecule has 1 aromatic carbocycles. The summed E-state index contributed by atoms with van der Waals surface area (Å²) in [4.78, 5) is 11.3. The molecular formula is C12H11ClN2O3S. The Hall–Kier alpha value is -1.53. The van der Waals surface area contributed by atoms with Crippen molar-refractivity contribution in [3.8, 4) is 0 Å². The Kier molecular flexibility index (Phi) is 4.81. The third-order valence-electron chi connectivity index (χ3n) is 2.11. The van der Waals surface area contributed by atoms with Gasteiger partial charge < -0.3 is 9.15 Å². The van der Waals surface area contributed by atoms with E-state index in [1.807, 2.05) is 18.2 Å². The molecule has 1 aromatic heterocycles. The van der Waals surface area contributed by atoms with Crippen LogP contribution in [-0.2, 0) is 10.5 Å². The van der Waals surface area contributed by atoms with Gasteiger partial charge in [0.05, 0.1) is 6.61 Å². The molecule has 100 valence electrons. The molecule has 0 bridgehead atoms. The van der Waals surface area contributed by atoms with Gasteiger partial charge in [-0.05, 0) is 24.6 Å². The highest BCUT2D eigenvalue weighted by molar-refractivity contribution is 7.98. The molecule has 5 nitrogen and oxygen atoms in total. The van der Waals surface area contributed by atoms with Gasteiger partial charge in [0.25, 0.3) is 5.22 Å². The van der Waals surface area contributed by atoms with Crippen LogP contribution in [0.15, 0.2) is 33.9 Å². The highest BCUT2D eigenvalue weighted by Gasteiger charge is 2.15. The maximum atomic E-state index is 11.3. The third-order valence-corrected chi connectivity index (χ3v) is 3.23. The van der Waals surface area contributed by atoms with Gasteiger partial charge in [0.1, 0.15) is 0 Å². The van der Waals surface area contributed by atoms with Crippen molar-refractivity contribution < 1.29 is 13.9 Å². The van der Waals surface area contributed by atoms with Gasteiger partial charge in [0.15, 0.2) is 0 Å². The van der Waals surface area contributed by atoms with Gasteiger partial charge in [-0.15, -0.1) is 5.10 Å². The summed E-state index contributed by atoms with van der Waals surface area (Å²) in [6.45, 7) is 1.98. The molecule has 0 saturated carbocycles. The molecule has 0 fully saturated rings. The first kappa shape index (κ1) is 13.9. The number of halogens is 1. The zero-order valence-corrected chi connectivity index (χ0v) is 11.7. The number of carbonyl (C=O) groups is 1. The van der Waals surface area contributed by atoms with Crippen LogP contribution in [0.2, 0.25) is 5.02 Å². The van der Waals surface area contributed by atoms with Crippen LogP contribution in [0.5, 0.6) is 0 Å². The van der Waals surface area contributed by atoms with E-state index in [9.17, 15) is 4.79 Å². The second-order valence-corrected chi connectivity index (χ2v) is 4.88. The van der Waals surface area contributed by atoms with Crippen molar-refractivity contribution >= 4 is 29.3 Å². The molecule has 7 heteroatoms. The second-order valence-electron chi connectivity index (χ2n) is 3.51. The molecule has 0 saturated heterocycles. The van der Waals surface area contributed by atoms with E-state index in [0.29, 0.717) is 16.0 Å². The molecule has 0 N–H and O–H groups in total. The first-order valence-electron chi connectivity index (χ1n) is 5.57. The average molecular weight is 299 g/mol. The Balaban J connectivity index is 1.95. The zero-order chi connectivity index (χ0) is 13.7. The van der Waals surface area contributed by atoms with Crippen LogP contribution < -0.4 is 0 Å². The molecule has 19 heavy (non-hydrogen) atoms. The van der Waals surface area contributed by atoms with Gasteiger partial charge >= 0.3 is 11.9 Å². The van der Waals surface area contributed by atoms with Crippen LogP contribution >= 0.6 is 23.4 Å². The monoisotopic (exact) mass is 298 g/mol. The van der Waals surface area contributed by atoms with Crippen LogP contribution in [0.1, 0.15) is 23.2 Å². The number of hydrogen-bond acceptors (Lipinski definition) is 6. The number of carbonyl (C=O) groups excluding carboxylic acids is 1. The van der Waals surface area contributed by atoms with Crippen LogP contribution in [0.4, 0.5) is 0 Å². The SMILES string of the molecule is CCOC(=O)c1nnc(SCc2cccc(Cl)c2)o1. The van der Waals surface area contributed by atoms with Gasteiger partial charge in [0, 0.05) is 10.8 Å². The number of rotatable bonds is 5. The third kappa shape index (κ3) is 3.97. The summed E-state index contributed by atoms with van der Waals surface area (Å²) in [5.74, 6) is -0.106. The lowest BCUT2D eigenvalue weighted by Gasteiger charge is -1.98. The highest BCUT2D eigenvalue weighted by atomic mass is 35.5. The summed E-state index contributed by atoms with van der Waals surface area (Å²) in [6.07, 6.45) is 0. The predicted octanol–water partition coefficient (Wildman–Crippen LogP) is 3.19. The van der Waals surface area contributed by atoms with Crippen LogP contribution in [0.3, 0.4) is 0 Å². The number of ether oxygens (including phenoxy) is 1. The predicted molar refractivity (Wildman–Crippen MR) is 71.3 cm³/mol. The van der Waals surface area contributed by atoms with Gasteiger partial charge in [-0.25, -0.2) is 4.79 Å². The number of benzene rings is 1. The van der Waals surface area contributed by atoms with E-state index in [1.165, 1.54) is 11.8 Å². The lowest BCUT2D eigenvalue weighted by molar-refractivity contribution is 0.0475. The number of thioether (sulfide) groups is 1. The maximum absolute atomic E-state index is 11.3. The van der Waals surface area contributed by atoms with Crippen LogP contribution in [0, 0.1) is 0 Å². The van der Waals surface area contributed by atoms with E-state index in [0.717, 1.165) is 5.56 Å². The summed E-state index contributed by atoms with van der Waals surface area (Å²) in [7, 11) is 0. The Labute approximate surface area is 119 Å². The van der Waals surface area contributed by atoms with Crippen molar-refractivity contribution in [2.75, 3.05) is 6.61 Å². The Morgan fingerprint density at radius 3 is 3.05 bits per heavy atom. The Morgan fingerprint density at radius 1 is 1.47 bits per heavy atom. The fourth-order valence-electron chi connectivity index (χ4n) is 1.32. The van der Waals surface area contributed by atoms with Gasteiger partial charge in [-0.1, -0.05) is 40.6 Å². The molecule has 1 heterocycles. The van der Waals surface area contributed by atoms with Gasteiger partial charge in [0.2, 0.25) is 0 Å². The molecule has 0 radical (unpaired) electrons. The summed E-state index contributed by atoms with van der Waals surface area (Å²) < 4.78 is 9.94. The zero-order valence-electron chi connectivity index (χ0n) is 10.1. The van der Waals surface area contributed by atoms with Crippen molar-refractivity contribution in [1.82, 2.24) is 10.2 Å². The molecule has 0 unspecified atom stereocenters. The lowest BCUT2D eigenvalue weighted by Crippen LogP contribution is -2.04. The number of nitrogens with zero attached hydrogens (tertiary/aromatic N) is 2. The summed E-state index contributed by atoms with van der Waals surface area (Å²) in [5.41, 5.74) is 1.04. The minimum atomic E-state index is -0.607. The van der Waals surface area contributed by atoms with Gasteiger partial charge in [-0.2, -0.15) is 0 Å². The topological polar surface area (TPSA) is 65.2 Å². The number of hydrogen-bond donors (Lipinski definition) is 0. The fourth-order valence-corrected chi connectivity index (χ4v) is 2.23. The minimum absolute atomic E-state index is 0.129. The molecule has 0 spiro atoms. The number of aromatic nitrogens is 2. The number of esters is 1. The van der Waals surface area contributed by atoms with Crippen LogP contribution in [-0.4, -0.2) is 22.8 Å². The molecule has 0 aliphatic carbocycles. The van der Waals surface area contributed by atoms with E-state index in [-0.39, 0.29) is 12.5 Å². The highest BCUT2D eigenvalue weighted by Crippen LogP contribution is 2.23. The second kappa shape index (κ2) is 6.58. The van der Waals surface area contributed by atoms with Crippen molar-refractivity contribution in [3.05, 3.63) is 40.7 Å². The first-order valence-corrected chi connectivity index (χ1v) is 6.93. The normalized spacial score (nSPS) is 10.4. The molecule has 0 amide bonds. The van der Waals surface area contributed by atoms with E-state index in [2.05, 4.69) is 10.2 Å². The largest absolute Gasteiger partial charge is 0.459 e. The van der Waals surface area contributed by atoms with Crippen molar-refractivity contribution in [1.29, 1.82) is 0 Å². The lowest BCUT2D eigenvalue weighted by atomic mass is 10.2. The van der Waals surface area contributed by atoms with Crippen LogP contribution in [0.25, 0.3) is 0 Å². The molecule has 0 aliphatic heterocycles. The van der Waals surface area contributed by atoms with Crippen molar-refractivity contribution in [2.24, 2.45) is 0 Å². The molecule has 0 atom stereocenters. The van der Waals surface area contributed by atoms with E-state index in [1.54, 1.807) is 13.0 Å². The maximum Gasteiger partial charge on any atom is 0.396 e. The Bertz CT molecular complexity index is 574. The summed E-state index contributed by atoms with van der Waals surface area (Å²) in [6, 6.07) is 7.48. The summed E-state index contributed by atoms with van der Waals surface area (Å²) in [5, 5.41) is 8.39. The average Bonchev–Trinajstić information content (AvgIpc) is 2.86. The van der Waals surface area contributed by atoms with E-state index < -0.39 is 5.97 Å². The first-order chi connectivity index (χ1) is 9.19. The van der Waals surface area contributed by atoms with E-state index in [4.69, 9.17) is 20.8 Å². The van der Waals surface area contributed by atoms with Gasteiger partial charge in [-0.3, -0.25) is 0 Å². The Morgan fingerprint density at radius 2 is 2.32 bits per heavy atom. The summed E-state index contributed by atoms with van der Waals surface area (Å²) >= 11 is 7.22. The van der Waals surface area contributed by atoms with Crippen molar-refractivity contribution in [3.63, 3.8) is 0 Å². The molecule has 0 aliphatic rings. The molecular weight excluding hydrogens is 288 g/mol. The standard InChI is InChI=1S/C12H11ClN2O3S/c1-2-17-11(16)10-14-15-12(18-10)19-7-8-4-3-5-9(13)6-8/h3-6H,2,7H2,1H3. The molecule has 2 rings (SSSR count). The minimum Gasteiger partial charge on any atom is -0.459 e.